The van der Waals surface area contributed by atoms with Crippen molar-refractivity contribution in [2.24, 2.45) is 5.73 Å². The molecule has 2 N–H and O–H groups in total. The first kappa shape index (κ1) is 12.9. The predicted octanol–water partition coefficient (Wildman–Crippen LogP) is 1.78. The highest BCUT2D eigenvalue weighted by atomic mass is 15.3. The molecule has 0 bridgehead atoms. The summed E-state index contributed by atoms with van der Waals surface area (Å²) in [5.74, 6) is 0. The smallest absolute Gasteiger partial charge is 0.0569 e. The molecule has 2 aliphatic heterocycles. The molecule has 3 rings (SSSR count). The van der Waals surface area contributed by atoms with Crippen LogP contribution in [0.5, 0.6) is 0 Å². The largest absolute Gasteiger partial charge is 0.369 e. The van der Waals surface area contributed by atoms with E-state index in [2.05, 4.69) is 26.9 Å². The lowest BCUT2D eigenvalue weighted by Gasteiger charge is -2.27. The van der Waals surface area contributed by atoms with E-state index in [1.165, 1.54) is 38.0 Å². The number of hydrogen-bond acceptors (Lipinski definition) is 4. The van der Waals surface area contributed by atoms with Crippen LogP contribution in [0, 0.1) is 0 Å². The second-order valence-electron chi connectivity index (χ2n) is 5.86. The second kappa shape index (κ2) is 5.47. The minimum atomic E-state index is 0.0171. The Hall–Kier alpha value is -1.13. The van der Waals surface area contributed by atoms with E-state index in [1.54, 1.807) is 0 Å². The van der Waals surface area contributed by atoms with Crippen LogP contribution in [0.15, 0.2) is 18.3 Å². The van der Waals surface area contributed by atoms with Crippen LogP contribution in [0.4, 0.5) is 5.69 Å². The van der Waals surface area contributed by atoms with Gasteiger partial charge in [0.1, 0.15) is 0 Å². The van der Waals surface area contributed by atoms with Gasteiger partial charge in [-0.05, 0) is 44.9 Å². The third kappa shape index (κ3) is 2.74. The molecule has 2 aliphatic rings. The average Bonchev–Trinajstić information content (AvgIpc) is 2.76. The maximum Gasteiger partial charge on any atom is 0.0569 e. The maximum atomic E-state index is 5.85. The summed E-state index contributed by atoms with van der Waals surface area (Å²) in [6.45, 7) is 6.82. The first-order chi connectivity index (χ1) is 9.24. The van der Waals surface area contributed by atoms with Gasteiger partial charge in [-0.3, -0.25) is 9.88 Å². The molecule has 4 heteroatoms. The van der Waals surface area contributed by atoms with Crippen molar-refractivity contribution in [2.75, 3.05) is 31.1 Å². The number of hydrogen-bond donors (Lipinski definition) is 1. The van der Waals surface area contributed by atoms with Crippen molar-refractivity contribution in [3.05, 3.63) is 24.0 Å². The van der Waals surface area contributed by atoms with Gasteiger partial charge in [0.25, 0.3) is 0 Å². The predicted molar refractivity (Wildman–Crippen MR) is 78.3 cm³/mol. The van der Waals surface area contributed by atoms with Gasteiger partial charge in [-0.2, -0.15) is 0 Å². The highest BCUT2D eigenvalue weighted by Crippen LogP contribution is 2.25. The Balaban J connectivity index is 1.73. The Morgan fingerprint density at radius 2 is 2.11 bits per heavy atom. The van der Waals surface area contributed by atoms with Crippen LogP contribution >= 0.6 is 0 Å². The van der Waals surface area contributed by atoms with E-state index in [-0.39, 0.29) is 6.04 Å². The van der Waals surface area contributed by atoms with Gasteiger partial charge >= 0.3 is 0 Å². The SMILES string of the molecule is CC(N)c1ccc(N2CCCN3CCCC3C2)cn1. The molecule has 104 valence electrons. The van der Waals surface area contributed by atoms with Crippen LogP contribution in [0.25, 0.3) is 0 Å². The van der Waals surface area contributed by atoms with Gasteiger partial charge in [0.05, 0.1) is 17.6 Å². The fourth-order valence-electron chi connectivity index (χ4n) is 3.30. The van der Waals surface area contributed by atoms with Crippen molar-refractivity contribution in [3.63, 3.8) is 0 Å². The third-order valence-corrected chi connectivity index (χ3v) is 4.41. The van der Waals surface area contributed by atoms with E-state index < -0.39 is 0 Å². The Bertz CT molecular complexity index is 415. The van der Waals surface area contributed by atoms with Gasteiger partial charge in [-0.15, -0.1) is 0 Å². The molecule has 2 atom stereocenters. The Morgan fingerprint density at radius 3 is 2.84 bits per heavy atom. The molecule has 3 heterocycles. The van der Waals surface area contributed by atoms with Crippen molar-refractivity contribution in [2.45, 2.75) is 38.3 Å². The van der Waals surface area contributed by atoms with Crippen LogP contribution in [0.1, 0.15) is 37.9 Å². The van der Waals surface area contributed by atoms with E-state index in [4.69, 9.17) is 5.73 Å². The number of fused-ring (bicyclic) bond motifs is 1. The first-order valence-electron chi connectivity index (χ1n) is 7.44. The zero-order valence-electron chi connectivity index (χ0n) is 11.8. The average molecular weight is 260 g/mol. The highest BCUT2D eigenvalue weighted by Gasteiger charge is 2.28. The molecule has 1 aromatic heterocycles. The molecule has 4 nitrogen and oxygen atoms in total. The number of nitrogens with two attached hydrogens (primary N) is 1. The summed E-state index contributed by atoms with van der Waals surface area (Å²) in [5, 5.41) is 0. The van der Waals surface area contributed by atoms with Crippen molar-refractivity contribution in [1.82, 2.24) is 9.88 Å². The molecule has 1 aromatic rings. The summed E-state index contributed by atoms with van der Waals surface area (Å²) in [6.07, 6.45) is 5.96. The Morgan fingerprint density at radius 1 is 1.26 bits per heavy atom. The quantitative estimate of drug-likeness (QED) is 0.880. The summed E-state index contributed by atoms with van der Waals surface area (Å²) >= 11 is 0. The van der Waals surface area contributed by atoms with Crippen LogP contribution in [-0.4, -0.2) is 42.1 Å². The summed E-state index contributed by atoms with van der Waals surface area (Å²) in [6, 6.07) is 5.01. The van der Waals surface area contributed by atoms with Crippen LogP contribution in [0.2, 0.25) is 0 Å². The maximum absolute atomic E-state index is 5.85. The molecule has 2 saturated heterocycles. The molecule has 0 saturated carbocycles. The number of rotatable bonds is 2. The first-order valence-corrected chi connectivity index (χ1v) is 7.44. The number of anilines is 1. The van der Waals surface area contributed by atoms with Gasteiger partial charge in [0.15, 0.2) is 0 Å². The number of pyridine rings is 1. The second-order valence-corrected chi connectivity index (χ2v) is 5.86. The minimum absolute atomic E-state index is 0.0171. The van der Waals surface area contributed by atoms with E-state index in [0.29, 0.717) is 0 Å². The lowest BCUT2D eigenvalue weighted by atomic mass is 10.2. The molecule has 2 fully saturated rings. The van der Waals surface area contributed by atoms with Crippen LogP contribution in [-0.2, 0) is 0 Å². The lowest BCUT2D eigenvalue weighted by Crippen LogP contribution is -2.36. The van der Waals surface area contributed by atoms with E-state index >= 15 is 0 Å². The standard InChI is InChI=1S/C15H24N4/c1-12(16)15-6-5-13(10-17-15)19-9-3-8-18-7-2-4-14(18)11-19/h5-6,10,12,14H,2-4,7-9,11,16H2,1H3. The minimum Gasteiger partial charge on any atom is -0.369 e. The Labute approximate surface area is 115 Å². The van der Waals surface area contributed by atoms with Crippen molar-refractivity contribution < 1.29 is 0 Å². The number of aromatic nitrogens is 1. The summed E-state index contributed by atoms with van der Waals surface area (Å²) in [7, 11) is 0. The van der Waals surface area contributed by atoms with Crippen LogP contribution < -0.4 is 10.6 Å². The molecule has 0 aromatic carbocycles. The topological polar surface area (TPSA) is 45.4 Å². The molecule has 0 amide bonds. The van der Waals surface area contributed by atoms with Crippen molar-refractivity contribution >= 4 is 5.69 Å². The van der Waals surface area contributed by atoms with Crippen molar-refractivity contribution in [1.29, 1.82) is 0 Å². The van der Waals surface area contributed by atoms with Crippen LogP contribution in [0.3, 0.4) is 0 Å². The zero-order valence-corrected chi connectivity index (χ0v) is 11.8. The molecular formula is C15H24N4. The fourth-order valence-corrected chi connectivity index (χ4v) is 3.30. The summed E-state index contributed by atoms with van der Waals surface area (Å²) in [4.78, 5) is 9.64. The van der Waals surface area contributed by atoms with Gasteiger partial charge in [0, 0.05) is 31.7 Å². The Kier molecular flexibility index (Phi) is 3.71. The molecule has 19 heavy (non-hydrogen) atoms. The van der Waals surface area contributed by atoms with E-state index in [1.807, 2.05) is 13.1 Å². The molecule has 0 aliphatic carbocycles. The molecule has 0 spiro atoms. The highest BCUT2D eigenvalue weighted by molar-refractivity contribution is 5.45. The molecular weight excluding hydrogens is 236 g/mol. The fraction of sp³-hybridized carbons (Fsp3) is 0.667. The van der Waals surface area contributed by atoms with Gasteiger partial charge < -0.3 is 10.6 Å². The van der Waals surface area contributed by atoms with Gasteiger partial charge in [-0.25, -0.2) is 0 Å². The number of nitrogens with zero attached hydrogens (tertiary/aromatic N) is 3. The zero-order chi connectivity index (χ0) is 13.2. The molecule has 0 radical (unpaired) electrons. The van der Waals surface area contributed by atoms with Gasteiger partial charge in [-0.1, -0.05) is 0 Å². The lowest BCUT2D eigenvalue weighted by molar-refractivity contribution is 0.273. The van der Waals surface area contributed by atoms with E-state index in [0.717, 1.165) is 24.8 Å². The molecule has 2 unspecified atom stereocenters. The van der Waals surface area contributed by atoms with Crippen molar-refractivity contribution in [3.8, 4) is 0 Å². The monoisotopic (exact) mass is 260 g/mol. The van der Waals surface area contributed by atoms with Gasteiger partial charge in [0.2, 0.25) is 0 Å². The summed E-state index contributed by atoms with van der Waals surface area (Å²) < 4.78 is 0. The summed E-state index contributed by atoms with van der Waals surface area (Å²) in [5.41, 5.74) is 8.08. The normalized spacial score (nSPS) is 26.0. The van der Waals surface area contributed by atoms with E-state index in [9.17, 15) is 0 Å². The third-order valence-electron chi connectivity index (χ3n) is 4.41.